The summed E-state index contributed by atoms with van der Waals surface area (Å²) >= 11 is 0. The summed E-state index contributed by atoms with van der Waals surface area (Å²) in [6, 6.07) is 7.16. The van der Waals surface area contributed by atoms with Gasteiger partial charge in [0.05, 0.1) is 0 Å². The van der Waals surface area contributed by atoms with E-state index < -0.39 is 0 Å². The van der Waals surface area contributed by atoms with E-state index in [1.54, 1.807) is 12.1 Å². The maximum atomic E-state index is 12.0. The van der Waals surface area contributed by atoms with Crippen molar-refractivity contribution in [1.82, 2.24) is 10.6 Å². The molecule has 0 spiro atoms. The number of amides is 2. The quantitative estimate of drug-likeness (QED) is 0.679. The monoisotopic (exact) mass is 292 g/mol. The lowest BCUT2D eigenvalue weighted by molar-refractivity contribution is -0.119. The van der Waals surface area contributed by atoms with Gasteiger partial charge in [-0.2, -0.15) is 0 Å². The van der Waals surface area contributed by atoms with Crippen molar-refractivity contribution in [1.29, 1.82) is 0 Å². The molecule has 0 aliphatic rings. The summed E-state index contributed by atoms with van der Waals surface area (Å²) in [5.41, 5.74) is 1.55. The molecule has 0 aromatic heterocycles. The lowest BCUT2D eigenvalue weighted by Crippen LogP contribution is -2.29. The van der Waals surface area contributed by atoms with Crippen LogP contribution in [0.1, 0.15) is 42.6 Å². The molecule has 0 heterocycles. The van der Waals surface area contributed by atoms with Crippen molar-refractivity contribution in [3.8, 4) is 0 Å². The summed E-state index contributed by atoms with van der Waals surface area (Å²) in [5.74, 6) is 0.113. The van der Waals surface area contributed by atoms with E-state index in [0.29, 0.717) is 31.0 Å². The number of hydrogen-bond donors (Lipinski definition) is 3. The first-order valence-electron chi connectivity index (χ1n) is 7.29. The van der Waals surface area contributed by atoms with Crippen molar-refractivity contribution < 1.29 is 14.7 Å². The van der Waals surface area contributed by atoms with Gasteiger partial charge in [-0.15, -0.1) is 0 Å². The van der Waals surface area contributed by atoms with Gasteiger partial charge in [-0.25, -0.2) is 0 Å². The molecule has 0 fully saturated rings. The maximum Gasteiger partial charge on any atom is 0.251 e. The molecule has 1 rings (SSSR count). The van der Waals surface area contributed by atoms with Crippen LogP contribution in [0.2, 0.25) is 0 Å². The van der Waals surface area contributed by atoms with Crippen LogP contribution in [0.25, 0.3) is 0 Å². The van der Waals surface area contributed by atoms with Crippen LogP contribution in [0.4, 0.5) is 0 Å². The number of aliphatic hydroxyl groups is 1. The van der Waals surface area contributed by atoms with Crippen molar-refractivity contribution >= 4 is 11.8 Å². The van der Waals surface area contributed by atoms with Gasteiger partial charge in [0.15, 0.2) is 0 Å². The summed E-state index contributed by atoms with van der Waals surface area (Å²) in [5, 5.41) is 14.5. The molecule has 0 aliphatic carbocycles. The largest absolute Gasteiger partial charge is 0.396 e. The van der Waals surface area contributed by atoms with Crippen LogP contribution < -0.4 is 10.6 Å². The third-order valence-electron chi connectivity index (χ3n) is 3.42. The van der Waals surface area contributed by atoms with Crippen molar-refractivity contribution in [2.45, 2.75) is 33.2 Å². The number of aliphatic hydroxyl groups excluding tert-OH is 1. The molecule has 3 N–H and O–H groups in total. The minimum absolute atomic E-state index is 0.0775. The molecule has 0 bridgehead atoms. The highest BCUT2D eigenvalue weighted by Gasteiger charge is 2.09. The van der Waals surface area contributed by atoms with Gasteiger partial charge >= 0.3 is 0 Å². The molecule has 0 aliphatic heterocycles. The molecule has 5 heteroatoms. The summed E-state index contributed by atoms with van der Waals surface area (Å²) in [4.78, 5) is 22.8. The Morgan fingerprint density at radius 1 is 1.19 bits per heavy atom. The average Bonchev–Trinajstić information content (AvgIpc) is 2.49. The fourth-order valence-electron chi connectivity index (χ4n) is 1.97. The molecule has 21 heavy (non-hydrogen) atoms. The minimum Gasteiger partial charge on any atom is -0.396 e. The molecule has 1 unspecified atom stereocenters. The van der Waals surface area contributed by atoms with Crippen LogP contribution in [0, 0.1) is 5.92 Å². The molecular weight excluding hydrogens is 268 g/mol. The molecule has 0 radical (unpaired) electrons. The van der Waals surface area contributed by atoms with E-state index in [4.69, 9.17) is 5.11 Å². The SMILES string of the molecule is CCC(CCO)CNC(=O)c1ccc(CNC(C)=O)cc1. The highest BCUT2D eigenvalue weighted by molar-refractivity contribution is 5.94. The van der Waals surface area contributed by atoms with Crippen molar-refractivity contribution in [2.24, 2.45) is 5.92 Å². The summed E-state index contributed by atoms with van der Waals surface area (Å²) in [6.07, 6.45) is 1.63. The highest BCUT2D eigenvalue weighted by Crippen LogP contribution is 2.08. The normalized spacial score (nSPS) is 11.8. The van der Waals surface area contributed by atoms with Gasteiger partial charge < -0.3 is 15.7 Å². The zero-order valence-corrected chi connectivity index (χ0v) is 12.7. The fraction of sp³-hybridized carbons (Fsp3) is 0.500. The predicted molar refractivity (Wildman–Crippen MR) is 81.8 cm³/mol. The third-order valence-corrected chi connectivity index (χ3v) is 3.42. The molecule has 1 atom stereocenters. The van der Waals surface area contributed by atoms with Gasteiger partial charge in [0.1, 0.15) is 0 Å². The smallest absolute Gasteiger partial charge is 0.251 e. The van der Waals surface area contributed by atoms with Crippen molar-refractivity contribution in [2.75, 3.05) is 13.2 Å². The van der Waals surface area contributed by atoms with Gasteiger partial charge in [-0.3, -0.25) is 9.59 Å². The zero-order chi connectivity index (χ0) is 15.7. The van der Waals surface area contributed by atoms with E-state index in [1.807, 2.05) is 19.1 Å². The second-order valence-electron chi connectivity index (χ2n) is 5.10. The second-order valence-corrected chi connectivity index (χ2v) is 5.10. The molecule has 1 aromatic rings. The Morgan fingerprint density at radius 2 is 1.86 bits per heavy atom. The topological polar surface area (TPSA) is 78.4 Å². The van der Waals surface area contributed by atoms with Gasteiger partial charge in [-0.05, 0) is 30.0 Å². The Morgan fingerprint density at radius 3 is 2.38 bits per heavy atom. The van der Waals surface area contributed by atoms with Crippen LogP contribution in [-0.2, 0) is 11.3 Å². The van der Waals surface area contributed by atoms with Crippen LogP contribution in [-0.4, -0.2) is 30.1 Å². The van der Waals surface area contributed by atoms with Crippen LogP contribution in [0.15, 0.2) is 24.3 Å². The number of benzene rings is 1. The Hall–Kier alpha value is -1.88. The Bertz CT molecular complexity index is 457. The Labute approximate surface area is 125 Å². The van der Waals surface area contributed by atoms with E-state index >= 15 is 0 Å². The highest BCUT2D eigenvalue weighted by atomic mass is 16.3. The standard InChI is InChI=1S/C16H24N2O3/c1-3-13(8-9-19)10-18-16(21)15-6-4-14(5-7-15)11-17-12(2)20/h4-7,13,19H,3,8-11H2,1-2H3,(H,17,20)(H,18,21). The van der Waals surface area contributed by atoms with Crippen LogP contribution in [0.5, 0.6) is 0 Å². The van der Waals surface area contributed by atoms with Crippen LogP contribution in [0.3, 0.4) is 0 Å². The summed E-state index contributed by atoms with van der Waals surface area (Å²) < 4.78 is 0. The van der Waals surface area contributed by atoms with E-state index in [1.165, 1.54) is 6.92 Å². The van der Waals surface area contributed by atoms with Crippen LogP contribution >= 0.6 is 0 Å². The predicted octanol–water partition coefficient (Wildman–Crippen LogP) is 1.46. The first kappa shape index (κ1) is 17.2. The molecule has 2 amide bonds. The van der Waals surface area contributed by atoms with E-state index in [9.17, 15) is 9.59 Å². The first-order chi connectivity index (χ1) is 10.1. The fourth-order valence-corrected chi connectivity index (χ4v) is 1.97. The lowest BCUT2D eigenvalue weighted by Gasteiger charge is -2.14. The molecule has 5 nitrogen and oxygen atoms in total. The van der Waals surface area contributed by atoms with Crippen molar-refractivity contribution in [3.05, 3.63) is 35.4 Å². The zero-order valence-electron chi connectivity index (χ0n) is 12.7. The average molecular weight is 292 g/mol. The van der Waals surface area contributed by atoms with E-state index in [-0.39, 0.29) is 18.4 Å². The number of hydrogen-bond acceptors (Lipinski definition) is 3. The number of carbonyl (C=O) groups is 2. The third kappa shape index (κ3) is 6.40. The first-order valence-corrected chi connectivity index (χ1v) is 7.29. The van der Waals surface area contributed by atoms with E-state index in [2.05, 4.69) is 10.6 Å². The summed E-state index contributed by atoms with van der Waals surface area (Å²) in [6.45, 7) is 4.70. The molecule has 0 saturated heterocycles. The van der Waals surface area contributed by atoms with Crippen molar-refractivity contribution in [3.63, 3.8) is 0 Å². The Kier molecular flexibility index (Phi) is 7.46. The number of rotatable bonds is 8. The molecule has 1 aromatic carbocycles. The van der Waals surface area contributed by atoms with E-state index in [0.717, 1.165) is 12.0 Å². The maximum absolute atomic E-state index is 12.0. The van der Waals surface area contributed by atoms with Gasteiger partial charge in [0.2, 0.25) is 5.91 Å². The van der Waals surface area contributed by atoms with Gasteiger partial charge in [-0.1, -0.05) is 25.5 Å². The number of carbonyl (C=O) groups excluding carboxylic acids is 2. The van der Waals surface area contributed by atoms with Gasteiger partial charge in [0.25, 0.3) is 5.91 Å². The molecule has 116 valence electrons. The lowest BCUT2D eigenvalue weighted by atomic mass is 10.0. The second kappa shape index (κ2) is 9.13. The van der Waals surface area contributed by atoms with Gasteiger partial charge in [0, 0.05) is 32.2 Å². The molecular formula is C16H24N2O3. The Balaban J connectivity index is 2.49. The number of nitrogens with one attached hydrogen (secondary N) is 2. The summed E-state index contributed by atoms with van der Waals surface area (Å²) in [7, 11) is 0. The minimum atomic E-state index is -0.113. The molecule has 0 saturated carbocycles.